The molecule has 0 saturated heterocycles. The zero-order valence-corrected chi connectivity index (χ0v) is 13.6. The van der Waals surface area contributed by atoms with Crippen LogP contribution in [-0.2, 0) is 19.3 Å². The van der Waals surface area contributed by atoms with Gasteiger partial charge in [0, 0.05) is 10.6 Å². The van der Waals surface area contributed by atoms with Gasteiger partial charge in [-0.1, -0.05) is 44.5 Å². The lowest BCUT2D eigenvalue weighted by atomic mass is 9.87. The zero-order chi connectivity index (χ0) is 15.4. The SMILES string of the molecule is CCc1cc(CC)c(-c2cc(Cl)ccc2C=O)c(CC)c1. The molecule has 0 heterocycles. The van der Waals surface area contributed by atoms with E-state index in [9.17, 15) is 4.79 Å². The first kappa shape index (κ1) is 15.8. The molecule has 0 aromatic heterocycles. The predicted octanol–water partition coefficient (Wildman–Crippen LogP) is 5.51. The van der Waals surface area contributed by atoms with Crippen molar-refractivity contribution in [1.82, 2.24) is 0 Å². The van der Waals surface area contributed by atoms with E-state index in [1.165, 1.54) is 22.3 Å². The molecule has 2 rings (SSSR count). The Morgan fingerprint density at radius 2 is 1.57 bits per heavy atom. The van der Waals surface area contributed by atoms with Gasteiger partial charge in [0.1, 0.15) is 0 Å². The highest BCUT2D eigenvalue weighted by Crippen LogP contribution is 2.34. The van der Waals surface area contributed by atoms with Crippen molar-refractivity contribution in [3.8, 4) is 11.1 Å². The van der Waals surface area contributed by atoms with Gasteiger partial charge in [-0.25, -0.2) is 0 Å². The number of rotatable bonds is 5. The van der Waals surface area contributed by atoms with E-state index in [0.717, 1.165) is 31.1 Å². The fourth-order valence-electron chi connectivity index (χ4n) is 2.80. The highest BCUT2D eigenvalue weighted by atomic mass is 35.5. The molecular weight excluding hydrogens is 280 g/mol. The minimum atomic E-state index is 0.666. The quantitative estimate of drug-likeness (QED) is 0.666. The summed E-state index contributed by atoms with van der Waals surface area (Å²) in [6.45, 7) is 6.48. The van der Waals surface area contributed by atoms with Crippen LogP contribution in [0.15, 0.2) is 30.3 Å². The molecule has 2 heteroatoms. The summed E-state index contributed by atoms with van der Waals surface area (Å²) < 4.78 is 0. The van der Waals surface area contributed by atoms with Crippen LogP contribution in [0.3, 0.4) is 0 Å². The largest absolute Gasteiger partial charge is 0.298 e. The number of carbonyl (C=O) groups is 1. The molecule has 0 aliphatic carbocycles. The molecule has 0 amide bonds. The molecule has 0 atom stereocenters. The summed E-state index contributed by atoms with van der Waals surface area (Å²) in [5, 5.41) is 0.666. The van der Waals surface area contributed by atoms with Crippen LogP contribution in [0.5, 0.6) is 0 Å². The van der Waals surface area contributed by atoms with E-state index in [-0.39, 0.29) is 0 Å². The number of hydrogen-bond donors (Lipinski definition) is 0. The van der Waals surface area contributed by atoms with Crippen LogP contribution in [0.1, 0.15) is 47.8 Å². The Kier molecular flexibility index (Phi) is 5.19. The summed E-state index contributed by atoms with van der Waals surface area (Å²) in [6.07, 6.45) is 3.83. The maximum absolute atomic E-state index is 11.4. The van der Waals surface area contributed by atoms with Crippen molar-refractivity contribution in [1.29, 1.82) is 0 Å². The van der Waals surface area contributed by atoms with Gasteiger partial charge in [0.15, 0.2) is 6.29 Å². The van der Waals surface area contributed by atoms with Crippen molar-refractivity contribution in [2.75, 3.05) is 0 Å². The molecule has 0 unspecified atom stereocenters. The third kappa shape index (κ3) is 3.19. The van der Waals surface area contributed by atoms with Gasteiger partial charge in [0.2, 0.25) is 0 Å². The lowest BCUT2D eigenvalue weighted by Gasteiger charge is -2.17. The molecule has 2 aromatic carbocycles. The third-order valence-corrected chi connectivity index (χ3v) is 4.18. The van der Waals surface area contributed by atoms with Gasteiger partial charge in [-0.05, 0) is 65.3 Å². The van der Waals surface area contributed by atoms with E-state index in [4.69, 9.17) is 11.6 Å². The van der Waals surface area contributed by atoms with Crippen molar-refractivity contribution in [3.63, 3.8) is 0 Å². The highest BCUT2D eigenvalue weighted by molar-refractivity contribution is 6.31. The Balaban J connectivity index is 2.78. The summed E-state index contributed by atoms with van der Waals surface area (Å²) >= 11 is 6.16. The van der Waals surface area contributed by atoms with E-state index < -0.39 is 0 Å². The van der Waals surface area contributed by atoms with Crippen molar-refractivity contribution >= 4 is 17.9 Å². The smallest absolute Gasteiger partial charge is 0.150 e. The first-order valence-corrected chi connectivity index (χ1v) is 7.92. The molecule has 0 saturated carbocycles. The van der Waals surface area contributed by atoms with Crippen molar-refractivity contribution in [2.45, 2.75) is 40.0 Å². The lowest BCUT2D eigenvalue weighted by Crippen LogP contribution is -2.00. The van der Waals surface area contributed by atoms with Gasteiger partial charge >= 0.3 is 0 Å². The maximum atomic E-state index is 11.4. The molecule has 2 aromatic rings. The van der Waals surface area contributed by atoms with Crippen LogP contribution in [0, 0.1) is 0 Å². The Morgan fingerprint density at radius 1 is 0.952 bits per heavy atom. The Hall–Kier alpha value is -1.60. The molecule has 0 radical (unpaired) electrons. The van der Waals surface area contributed by atoms with Crippen LogP contribution < -0.4 is 0 Å². The second kappa shape index (κ2) is 6.91. The van der Waals surface area contributed by atoms with Crippen LogP contribution in [0.4, 0.5) is 0 Å². The average molecular weight is 301 g/mol. The summed E-state index contributed by atoms with van der Waals surface area (Å²) in [6, 6.07) is 9.99. The van der Waals surface area contributed by atoms with Crippen LogP contribution in [0.2, 0.25) is 5.02 Å². The topological polar surface area (TPSA) is 17.1 Å². The first-order chi connectivity index (χ1) is 10.1. The van der Waals surface area contributed by atoms with E-state index >= 15 is 0 Å². The number of benzene rings is 2. The van der Waals surface area contributed by atoms with Crippen molar-refractivity contribution in [3.05, 3.63) is 57.6 Å². The molecule has 21 heavy (non-hydrogen) atoms. The average Bonchev–Trinajstić information content (AvgIpc) is 2.53. The van der Waals surface area contributed by atoms with Gasteiger partial charge in [0.25, 0.3) is 0 Å². The fraction of sp³-hybridized carbons (Fsp3) is 0.316. The number of carbonyl (C=O) groups excluding carboxylic acids is 1. The molecule has 1 nitrogen and oxygen atoms in total. The number of hydrogen-bond acceptors (Lipinski definition) is 1. The summed E-state index contributed by atoms with van der Waals surface area (Å²) in [7, 11) is 0. The van der Waals surface area contributed by atoms with Gasteiger partial charge < -0.3 is 0 Å². The van der Waals surface area contributed by atoms with Gasteiger partial charge in [-0.3, -0.25) is 4.79 Å². The third-order valence-electron chi connectivity index (χ3n) is 3.94. The van der Waals surface area contributed by atoms with E-state index in [1.807, 2.05) is 6.07 Å². The van der Waals surface area contributed by atoms with Crippen LogP contribution >= 0.6 is 11.6 Å². The molecule has 0 fully saturated rings. The summed E-state index contributed by atoms with van der Waals surface area (Å²) in [5.41, 5.74) is 6.76. The number of aryl methyl sites for hydroxylation is 3. The second-order valence-electron chi connectivity index (χ2n) is 5.20. The molecular formula is C19H21ClO. The van der Waals surface area contributed by atoms with Crippen molar-refractivity contribution in [2.24, 2.45) is 0 Å². The normalized spacial score (nSPS) is 10.7. The number of halogens is 1. The molecule has 0 N–H and O–H groups in total. The molecule has 0 aliphatic rings. The van der Waals surface area contributed by atoms with Gasteiger partial charge in [-0.15, -0.1) is 0 Å². The molecule has 0 bridgehead atoms. The Labute approximate surface area is 132 Å². The minimum absolute atomic E-state index is 0.666. The molecule has 0 spiro atoms. The Bertz CT molecular complexity index is 634. The summed E-state index contributed by atoms with van der Waals surface area (Å²) in [5.74, 6) is 0. The van der Waals surface area contributed by atoms with Gasteiger partial charge in [0.05, 0.1) is 0 Å². The second-order valence-corrected chi connectivity index (χ2v) is 5.64. The lowest BCUT2D eigenvalue weighted by molar-refractivity contribution is 0.112. The molecule has 110 valence electrons. The molecule has 0 aliphatic heterocycles. The standard InChI is InChI=1S/C19H21ClO/c1-4-13-9-14(5-2)19(15(6-3)10-13)18-11-17(20)8-7-16(18)12-21/h7-12H,4-6H2,1-3H3. The summed E-state index contributed by atoms with van der Waals surface area (Å²) in [4.78, 5) is 11.4. The van der Waals surface area contributed by atoms with Crippen molar-refractivity contribution < 1.29 is 4.79 Å². The predicted molar refractivity (Wildman–Crippen MR) is 90.4 cm³/mol. The monoisotopic (exact) mass is 300 g/mol. The van der Waals surface area contributed by atoms with E-state index in [2.05, 4.69) is 32.9 Å². The van der Waals surface area contributed by atoms with E-state index in [1.54, 1.807) is 12.1 Å². The maximum Gasteiger partial charge on any atom is 0.150 e. The van der Waals surface area contributed by atoms with Crippen LogP contribution in [-0.4, -0.2) is 6.29 Å². The van der Waals surface area contributed by atoms with E-state index in [0.29, 0.717) is 10.6 Å². The Morgan fingerprint density at radius 3 is 2.05 bits per heavy atom. The minimum Gasteiger partial charge on any atom is -0.298 e. The first-order valence-electron chi connectivity index (χ1n) is 7.54. The fourth-order valence-corrected chi connectivity index (χ4v) is 2.97. The van der Waals surface area contributed by atoms with Gasteiger partial charge in [-0.2, -0.15) is 0 Å². The number of aldehydes is 1. The van der Waals surface area contributed by atoms with Crippen LogP contribution in [0.25, 0.3) is 11.1 Å². The highest BCUT2D eigenvalue weighted by Gasteiger charge is 2.14. The zero-order valence-electron chi connectivity index (χ0n) is 12.9.